The smallest absolute Gasteiger partial charge is 0.261 e. The second-order valence-electron chi connectivity index (χ2n) is 6.48. The number of nitrogens with zero attached hydrogens (tertiary/aromatic N) is 1. The van der Waals surface area contributed by atoms with E-state index in [2.05, 4.69) is 23.5 Å². The predicted octanol–water partition coefficient (Wildman–Crippen LogP) is 3.45. The Balaban J connectivity index is 1.78. The minimum absolute atomic E-state index is 0.272. The Hall–Kier alpha value is -2.05. The van der Waals surface area contributed by atoms with Crippen LogP contribution in [0.4, 0.5) is 11.4 Å². The molecule has 1 fully saturated rings. The van der Waals surface area contributed by atoms with Crippen molar-refractivity contribution < 1.29 is 13.2 Å². The Bertz CT molecular complexity index is 811. The van der Waals surface area contributed by atoms with Crippen LogP contribution in [0.25, 0.3) is 0 Å². The molecule has 0 bridgehead atoms. The minimum Gasteiger partial charge on any atom is -0.378 e. The van der Waals surface area contributed by atoms with Gasteiger partial charge < -0.3 is 9.64 Å². The summed E-state index contributed by atoms with van der Waals surface area (Å²) < 4.78 is 33.3. The fraction of sp³-hybridized carbons (Fsp3) is 0.368. The molecule has 25 heavy (non-hydrogen) atoms. The van der Waals surface area contributed by atoms with Gasteiger partial charge >= 0.3 is 0 Å². The van der Waals surface area contributed by atoms with Crippen LogP contribution in [0.1, 0.15) is 25.3 Å². The van der Waals surface area contributed by atoms with Crippen molar-refractivity contribution in [2.45, 2.75) is 24.7 Å². The van der Waals surface area contributed by atoms with Crippen molar-refractivity contribution in [2.24, 2.45) is 0 Å². The highest BCUT2D eigenvalue weighted by Gasteiger charge is 2.16. The summed E-state index contributed by atoms with van der Waals surface area (Å²) >= 11 is 0. The van der Waals surface area contributed by atoms with Gasteiger partial charge in [0.05, 0.1) is 23.8 Å². The van der Waals surface area contributed by atoms with Gasteiger partial charge in [0.1, 0.15) is 0 Å². The van der Waals surface area contributed by atoms with E-state index in [-0.39, 0.29) is 4.90 Å². The SMILES string of the molecule is CC(C)c1ccc(S(=O)(=O)Nc2cccc(N3CCOCC3)c2)cc1. The topological polar surface area (TPSA) is 58.6 Å². The predicted molar refractivity (Wildman–Crippen MR) is 101 cm³/mol. The van der Waals surface area contributed by atoms with Crippen molar-refractivity contribution >= 4 is 21.4 Å². The summed E-state index contributed by atoms with van der Waals surface area (Å²) in [4.78, 5) is 2.47. The summed E-state index contributed by atoms with van der Waals surface area (Å²) in [6, 6.07) is 14.5. The Morgan fingerprint density at radius 3 is 2.36 bits per heavy atom. The maximum atomic E-state index is 12.6. The third-order valence-corrected chi connectivity index (χ3v) is 5.73. The van der Waals surface area contributed by atoms with Crippen LogP contribution in [-0.2, 0) is 14.8 Å². The number of hydrogen-bond acceptors (Lipinski definition) is 4. The molecule has 1 aliphatic rings. The lowest BCUT2D eigenvalue weighted by Crippen LogP contribution is -2.36. The average Bonchev–Trinajstić information content (AvgIpc) is 2.62. The number of benzene rings is 2. The lowest BCUT2D eigenvalue weighted by atomic mass is 10.0. The fourth-order valence-corrected chi connectivity index (χ4v) is 3.88. The van der Waals surface area contributed by atoms with E-state index in [0.717, 1.165) is 24.3 Å². The van der Waals surface area contributed by atoms with Crippen molar-refractivity contribution in [1.29, 1.82) is 0 Å². The number of rotatable bonds is 5. The molecule has 0 radical (unpaired) electrons. The standard InChI is InChI=1S/C19H24N2O3S/c1-15(2)16-6-8-19(9-7-16)25(22,23)20-17-4-3-5-18(14-17)21-10-12-24-13-11-21/h3-9,14-15,20H,10-13H2,1-2H3. The molecule has 134 valence electrons. The highest BCUT2D eigenvalue weighted by molar-refractivity contribution is 7.92. The molecule has 0 spiro atoms. The summed E-state index contributed by atoms with van der Waals surface area (Å²) in [6.45, 7) is 7.17. The number of ether oxygens (including phenoxy) is 1. The van der Waals surface area contributed by atoms with Crippen molar-refractivity contribution in [3.8, 4) is 0 Å². The molecule has 0 atom stereocenters. The zero-order valence-electron chi connectivity index (χ0n) is 14.6. The van der Waals surface area contributed by atoms with Crippen LogP contribution in [0.5, 0.6) is 0 Å². The average molecular weight is 360 g/mol. The molecule has 0 saturated carbocycles. The summed E-state index contributed by atoms with van der Waals surface area (Å²) in [5.41, 5.74) is 2.68. The van der Waals surface area contributed by atoms with E-state index >= 15 is 0 Å². The highest BCUT2D eigenvalue weighted by atomic mass is 32.2. The zero-order chi connectivity index (χ0) is 17.9. The van der Waals surface area contributed by atoms with Gasteiger partial charge in [0.25, 0.3) is 10.0 Å². The van der Waals surface area contributed by atoms with Crippen LogP contribution >= 0.6 is 0 Å². The van der Waals surface area contributed by atoms with Gasteiger partial charge in [0, 0.05) is 18.8 Å². The normalized spacial score (nSPS) is 15.4. The second-order valence-corrected chi connectivity index (χ2v) is 8.16. The van der Waals surface area contributed by atoms with Crippen LogP contribution < -0.4 is 9.62 Å². The molecule has 0 unspecified atom stereocenters. The van der Waals surface area contributed by atoms with Gasteiger partial charge in [0.2, 0.25) is 0 Å². The van der Waals surface area contributed by atoms with E-state index in [1.165, 1.54) is 0 Å². The molecule has 5 nitrogen and oxygen atoms in total. The number of anilines is 2. The molecule has 3 rings (SSSR count). The molecule has 2 aromatic carbocycles. The van der Waals surface area contributed by atoms with Gasteiger partial charge in [-0.25, -0.2) is 8.42 Å². The summed E-state index contributed by atoms with van der Waals surface area (Å²) in [7, 11) is -3.60. The Labute approximate surface area is 149 Å². The maximum Gasteiger partial charge on any atom is 0.261 e. The first-order valence-corrected chi connectivity index (χ1v) is 9.99. The van der Waals surface area contributed by atoms with Crippen LogP contribution in [0.15, 0.2) is 53.4 Å². The Kier molecular flexibility index (Phi) is 5.30. The number of nitrogens with one attached hydrogen (secondary N) is 1. The van der Waals surface area contributed by atoms with Crippen molar-refractivity contribution in [2.75, 3.05) is 35.9 Å². The van der Waals surface area contributed by atoms with E-state index < -0.39 is 10.0 Å². The number of sulfonamides is 1. The van der Waals surface area contributed by atoms with E-state index in [9.17, 15) is 8.42 Å². The lowest BCUT2D eigenvalue weighted by Gasteiger charge is -2.29. The van der Waals surface area contributed by atoms with Crippen molar-refractivity contribution in [1.82, 2.24) is 0 Å². The van der Waals surface area contributed by atoms with Crippen LogP contribution in [0.3, 0.4) is 0 Å². The van der Waals surface area contributed by atoms with Gasteiger partial charge in [-0.15, -0.1) is 0 Å². The molecule has 6 heteroatoms. The monoisotopic (exact) mass is 360 g/mol. The molecule has 0 amide bonds. The van der Waals surface area contributed by atoms with E-state index in [4.69, 9.17) is 4.74 Å². The van der Waals surface area contributed by atoms with Crippen LogP contribution in [-0.4, -0.2) is 34.7 Å². The third kappa shape index (κ3) is 4.32. The van der Waals surface area contributed by atoms with Gasteiger partial charge in [-0.1, -0.05) is 32.0 Å². The van der Waals surface area contributed by atoms with Gasteiger partial charge in [0.15, 0.2) is 0 Å². The van der Waals surface area contributed by atoms with Crippen LogP contribution in [0, 0.1) is 0 Å². The molecule has 0 aliphatic carbocycles. The van der Waals surface area contributed by atoms with E-state index in [1.807, 2.05) is 30.3 Å². The molecular weight excluding hydrogens is 336 g/mol. The minimum atomic E-state index is -3.60. The molecule has 1 saturated heterocycles. The molecule has 1 heterocycles. The van der Waals surface area contributed by atoms with Crippen molar-refractivity contribution in [3.05, 3.63) is 54.1 Å². The van der Waals surface area contributed by atoms with Gasteiger partial charge in [-0.3, -0.25) is 4.72 Å². The molecule has 1 aliphatic heterocycles. The van der Waals surface area contributed by atoms with Crippen LogP contribution in [0.2, 0.25) is 0 Å². The summed E-state index contributed by atoms with van der Waals surface area (Å²) in [5.74, 6) is 0.370. The second kappa shape index (κ2) is 7.45. The number of hydrogen-bond donors (Lipinski definition) is 1. The van der Waals surface area contributed by atoms with Crippen molar-refractivity contribution in [3.63, 3.8) is 0 Å². The first kappa shape index (κ1) is 17.8. The quantitative estimate of drug-likeness (QED) is 0.887. The summed E-state index contributed by atoms with van der Waals surface area (Å²) in [6.07, 6.45) is 0. The molecule has 1 N–H and O–H groups in total. The Morgan fingerprint density at radius 1 is 1.04 bits per heavy atom. The molecule has 0 aromatic heterocycles. The van der Waals surface area contributed by atoms with Gasteiger partial charge in [-0.2, -0.15) is 0 Å². The first-order chi connectivity index (χ1) is 12.0. The largest absolute Gasteiger partial charge is 0.378 e. The lowest BCUT2D eigenvalue weighted by molar-refractivity contribution is 0.122. The number of morpholine rings is 1. The highest BCUT2D eigenvalue weighted by Crippen LogP contribution is 2.24. The van der Waals surface area contributed by atoms with E-state index in [0.29, 0.717) is 24.8 Å². The fourth-order valence-electron chi connectivity index (χ4n) is 2.83. The van der Waals surface area contributed by atoms with Gasteiger partial charge in [-0.05, 0) is 41.8 Å². The zero-order valence-corrected chi connectivity index (χ0v) is 15.4. The van der Waals surface area contributed by atoms with E-state index in [1.54, 1.807) is 18.2 Å². The summed E-state index contributed by atoms with van der Waals surface area (Å²) in [5, 5.41) is 0. The first-order valence-electron chi connectivity index (χ1n) is 8.51. The third-order valence-electron chi connectivity index (χ3n) is 4.33. The maximum absolute atomic E-state index is 12.6. The molecular formula is C19H24N2O3S. The Morgan fingerprint density at radius 2 is 1.72 bits per heavy atom. The molecule has 2 aromatic rings.